The quantitative estimate of drug-likeness (QED) is 0.561. The highest BCUT2D eigenvalue weighted by Gasteiger charge is 2.45. The van der Waals surface area contributed by atoms with E-state index in [1.807, 2.05) is 13.8 Å². The van der Waals surface area contributed by atoms with Crippen LogP contribution in [-0.4, -0.2) is 21.8 Å². The van der Waals surface area contributed by atoms with E-state index in [0.29, 0.717) is 22.3 Å². The van der Waals surface area contributed by atoms with E-state index in [4.69, 9.17) is 0 Å². The first-order valence-corrected chi connectivity index (χ1v) is 9.38. The molecule has 2 unspecified atom stereocenters. The Morgan fingerprint density at radius 3 is 2.19 bits per heavy atom. The van der Waals surface area contributed by atoms with Gasteiger partial charge in [-0.2, -0.15) is 0 Å². The molecular formula is C23H24O4. The van der Waals surface area contributed by atoms with E-state index in [1.54, 1.807) is 25.1 Å². The molecule has 0 bridgehead atoms. The summed E-state index contributed by atoms with van der Waals surface area (Å²) in [5.41, 5.74) is 2.32. The molecule has 2 atom stereocenters. The molecule has 4 heteroatoms. The van der Waals surface area contributed by atoms with E-state index in [1.165, 1.54) is 0 Å². The number of ketones is 2. The molecule has 0 fully saturated rings. The zero-order valence-corrected chi connectivity index (χ0v) is 16.3. The molecule has 0 amide bonds. The molecule has 27 heavy (non-hydrogen) atoms. The highest BCUT2D eigenvalue weighted by atomic mass is 16.3. The maximum Gasteiger partial charge on any atom is 0.198 e. The van der Waals surface area contributed by atoms with Gasteiger partial charge in [-0.25, -0.2) is 0 Å². The number of aryl methyl sites for hydroxylation is 1. The van der Waals surface area contributed by atoms with Crippen LogP contribution >= 0.6 is 0 Å². The first kappa shape index (κ1) is 17.8. The smallest absolute Gasteiger partial charge is 0.198 e. The third-order valence-corrected chi connectivity index (χ3v) is 6.65. The first-order valence-electron chi connectivity index (χ1n) is 9.38. The van der Waals surface area contributed by atoms with Crippen LogP contribution in [0.3, 0.4) is 0 Å². The van der Waals surface area contributed by atoms with Gasteiger partial charge in [0.05, 0.1) is 11.1 Å². The fourth-order valence-corrected chi connectivity index (χ4v) is 5.02. The number of benzene rings is 2. The van der Waals surface area contributed by atoms with Gasteiger partial charge in [-0.3, -0.25) is 9.59 Å². The van der Waals surface area contributed by atoms with Crippen LogP contribution in [0.4, 0.5) is 0 Å². The summed E-state index contributed by atoms with van der Waals surface area (Å²) in [6.07, 6.45) is 0.824. The Hall–Kier alpha value is -2.62. The van der Waals surface area contributed by atoms with Crippen molar-refractivity contribution in [3.05, 3.63) is 57.1 Å². The minimum atomic E-state index is -0.401. The topological polar surface area (TPSA) is 74.6 Å². The molecule has 0 aliphatic heterocycles. The predicted molar refractivity (Wildman–Crippen MR) is 103 cm³/mol. The molecule has 0 saturated heterocycles. The zero-order valence-electron chi connectivity index (χ0n) is 16.3. The van der Waals surface area contributed by atoms with Gasteiger partial charge in [0.15, 0.2) is 11.6 Å². The highest BCUT2D eigenvalue weighted by Crippen LogP contribution is 2.57. The van der Waals surface area contributed by atoms with E-state index < -0.39 is 11.6 Å². The molecular weight excluding hydrogens is 340 g/mol. The van der Waals surface area contributed by atoms with Crippen LogP contribution in [0.5, 0.6) is 11.5 Å². The third kappa shape index (κ3) is 2.16. The summed E-state index contributed by atoms with van der Waals surface area (Å²) in [5, 5.41) is 22.2. The molecule has 2 N–H and O–H groups in total. The summed E-state index contributed by atoms with van der Waals surface area (Å²) in [5.74, 6) is -1.15. The van der Waals surface area contributed by atoms with E-state index in [9.17, 15) is 19.8 Å². The van der Waals surface area contributed by atoms with Crippen molar-refractivity contribution in [2.24, 2.45) is 5.41 Å². The van der Waals surface area contributed by atoms with Crippen LogP contribution in [-0.2, 0) is 0 Å². The predicted octanol–water partition coefficient (Wildman–Crippen LogP) is 4.82. The van der Waals surface area contributed by atoms with Crippen LogP contribution in [0, 0.1) is 12.3 Å². The van der Waals surface area contributed by atoms with E-state index in [0.717, 1.165) is 6.42 Å². The maximum absolute atomic E-state index is 13.2. The van der Waals surface area contributed by atoms with Crippen LogP contribution < -0.4 is 0 Å². The highest BCUT2D eigenvalue weighted by molar-refractivity contribution is 6.31. The number of aromatic hydroxyl groups is 2. The van der Waals surface area contributed by atoms with Gasteiger partial charge in [0.2, 0.25) is 0 Å². The lowest BCUT2D eigenvalue weighted by molar-refractivity contribution is 0.0972. The van der Waals surface area contributed by atoms with E-state index >= 15 is 0 Å². The maximum atomic E-state index is 13.2. The first-order chi connectivity index (χ1) is 12.6. The fraction of sp³-hybridized carbons (Fsp3) is 0.391. The Balaban J connectivity index is 2.11. The number of hydrogen-bond donors (Lipinski definition) is 2. The minimum Gasteiger partial charge on any atom is -0.507 e. The molecule has 0 radical (unpaired) electrons. The summed E-state index contributed by atoms with van der Waals surface area (Å²) in [4.78, 5) is 26.4. The molecule has 140 valence electrons. The lowest BCUT2D eigenvalue weighted by atomic mass is 9.61. The zero-order chi connectivity index (χ0) is 19.8. The van der Waals surface area contributed by atoms with E-state index in [2.05, 4.69) is 13.8 Å². The summed E-state index contributed by atoms with van der Waals surface area (Å²) in [6, 6.07) is 5.11. The fourth-order valence-electron chi connectivity index (χ4n) is 5.02. The number of rotatable bonds is 0. The summed E-state index contributed by atoms with van der Waals surface area (Å²) >= 11 is 0. The molecule has 4 rings (SSSR count). The van der Waals surface area contributed by atoms with Crippen LogP contribution in [0.2, 0.25) is 0 Å². The Kier molecular flexibility index (Phi) is 3.58. The minimum absolute atomic E-state index is 0.0245. The normalized spacial score (nSPS) is 22.9. The van der Waals surface area contributed by atoms with Gasteiger partial charge >= 0.3 is 0 Å². The summed E-state index contributed by atoms with van der Waals surface area (Å²) in [6.45, 7) is 10.0. The molecule has 0 heterocycles. The van der Waals surface area contributed by atoms with Gasteiger partial charge in [-0.05, 0) is 36.2 Å². The standard InChI is InChI=1S/C23H24O4/c1-10-7-6-8-13-14(10)20(25)18-17(19(13)24)22(27)16-12(3)23(4,5)9-11(2)15(16)21(18)26/h6-8,11-12,26-27H,9H2,1-5H3. The molecule has 2 aromatic carbocycles. The number of carbonyl (C=O) groups excluding carboxylic acids is 2. The average molecular weight is 364 g/mol. The van der Waals surface area contributed by atoms with Gasteiger partial charge in [0.1, 0.15) is 11.5 Å². The van der Waals surface area contributed by atoms with Gasteiger partial charge in [-0.1, -0.05) is 45.9 Å². The van der Waals surface area contributed by atoms with Crippen molar-refractivity contribution >= 4 is 11.6 Å². The number of phenolic OH excluding ortho intramolecular Hbond substituents is 2. The number of hydrogen-bond acceptors (Lipinski definition) is 4. The van der Waals surface area contributed by atoms with Crippen molar-refractivity contribution in [3.8, 4) is 11.5 Å². The van der Waals surface area contributed by atoms with Crippen molar-refractivity contribution in [2.75, 3.05) is 0 Å². The van der Waals surface area contributed by atoms with Crippen LogP contribution in [0.1, 0.15) is 94.5 Å². The van der Waals surface area contributed by atoms with Crippen molar-refractivity contribution in [1.29, 1.82) is 0 Å². The SMILES string of the molecule is Cc1cccc2c1C(=O)c1c(O)c3c(c(O)c1C2=O)C(C)C(C)(C)CC3C. The molecule has 2 aliphatic rings. The van der Waals surface area contributed by atoms with E-state index in [-0.39, 0.29) is 45.4 Å². The molecule has 2 aliphatic carbocycles. The monoisotopic (exact) mass is 364 g/mol. The van der Waals surface area contributed by atoms with Gasteiger partial charge in [-0.15, -0.1) is 0 Å². The molecule has 0 aromatic heterocycles. The van der Waals surface area contributed by atoms with Gasteiger partial charge < -0.3 is 10.2 Å². The van der Waals surface area contributed by atoms with Crippen molar-refractivity contribution in [3.63, 3.8) is 0 Å². The second-order valence-corrected chi connectivity index (χ2v) is 8.75. The molecule has 2 aromatic rings. The number of fused-ring (bicyclic) bond motifs is 3. The van der Waals surface area contributed by atoms with Crippen molar-refractivity contribution in [2.45, 2.75) is 52.9 Å². The van der Waals surface area contributed by atoms with Crippen LogP contribution in [0.15, 0.2) is 18.2 Å². The summed E-state index contributed by atoms with van der Waals surface area (Å²) in [7, 11) is 0. The molecule has 0 saturated carbocycles. The second-order valence-electron chi connectivity index (χ2n) is 8.75. The Morgan fingerprint density at radius 2 is 1.52 bits per heavy atom. The van der Waals surface area contributed by atoms with Crippen molar-refractivity contribution < 1.29 is 19.8 Å². The van der Waals surface area contributed by atoms with Gasteiger partial charge in [0, 0.05) is 22.3 Å². The Bertz CT molecular complexity index is 1030. The van der Waals surface area contributed by atoms with Gasteiger partial charge in [0.25, 0.3) is 0 Å². The largest absolute Gasteiger partial charge is 0.507 e. The average Bonchev–Trinajstić information content (AvgIpc) is 2.58. The van der Waals surface area contributed by atoms with Crippen molar-refractivity contribution in [1.82, 2.24) is 0 Å². The number of carbonyl (C=O) groups is 2. The number of phenols is 2. The molecule has 4 nitrogen and oxygen atoms in total. The second kappa shape index (κ2) is 5.44. The summed E-state index contributed by atoms with van der Waals surface area (Å²) < 4.78 is 0. The Labute approximate surface area is 158 Å². The van der Waals surface area contributed by atoms with Crippen LogP contribution in [0.25, 0.3) is 0 Å². The lowest BCUT2D eigenvalue weighted by Gasteiger charge is -2.42. The third-order valence-electron chi connectivity index (χ3n) is 6.65. The Morgan fingerprint density at radius 1 is 0.926 bits per heavy atom. The molecule has 0 spiro atoms. The lowest BCUT2D eigenvalue weighted by Crippen LogP contribution is -2.31.